The molecule has 17 heavy (non-hydrogen) atoms. The fourth-order valence-corrected chi connectivity index (χ4v) is 1.89. The largest absolute Gasteiger partial charge is 0.490 e. The van der Waals surface area contributed by atoms with Gasteiger partial charge in [-0.25, -0.2) is 0 Å². The summed E-state index contributed by atoms with van der Waals surface area (Å²) in [5.41, 5.74) is 6.90. The molecule has 3 nitrogen and oxygen atoms in total. The van der Waals surface area contributed by atoms with Gasteiger partial charge in [0.15, 0.2) is 0 Å². The second-order valence-electron chi connectivity index (χ2n) is 3.94. The monoisotopic (exact) mass is 301 g/mol. The van der Waals surface area contributed by atoms with Gasteiger partial charge < -0.3 is 15.2 Å². The van der Waals surface area contributed by atoms with E-state index in [1.807, 2.05) is 25.1 Å². The van der Waals surface area contributed by atoms with E-state index in [9.17, 15) is 0 Å². The zero-order valence-corrected chi connectivity index (χ0v) is 12.0. The Hall–Kier alpha value is -0.580. The Morgan fingerprint density at radius 3 is 2.65 bits per heavy atom. The van der Waals surface area contributed by atoms with Gasteiger partial charge in [-0.1, -0.05) is 13.0 Å². The molecular weight excluding hydrogens is 282 g/mol. The maximum atomic E-state index is 5.81. The molecule has 1 rings (SSSR count). The molecule has 1 atom stereocenters. The predicted octanol–water partition coefficient (Wildman–Crippen LogP) is 3.27. The average Bonchev–Trinajstić information content (AvgIpc) is 2.30. The second-order valence-corrected chi connectivity index (χ2v) is 4.79. The first-order valence-corrected chi connectivity index (χ1v) is 6.70. The molecule has 0 bridgehead atoms. The minimum atomic E-state index is 0.0354. The van der Waals surface area contributed by atoms with Crippen molar-refractivity contribution in [3.8, 4) is 5.75 Å². The molecule has 0 heterocycles. The lowest BCUT2D eigenvalue weighted by molar-refractivity contribution is 0.100. The zero-order valence-electron chi connectivity index (χ0n) is 10.4. The van der Waals surface area contributed by atoms with Gasteiger partial charge in [0.05, 0.1) is 11.1 Å². The van der Waals surface area contributed by atoms with Gasteiger partial charge in [-0.05, 0) is 47.0 Å². The van der Waals surface area contributed by atoms with Crippen LogP contribution in [0.3, 0.4) is 0 Å². The number of rotatable bonds is 7. The Bertz CT molecular complexity index is 342. The lowest BCUT2D eigenvalue weighted by Gasteiger charge is -2.11. The van der Waals surface area contributed by atoms with Crippen LogP contribution in [0.5, 0.6) is 5.75 Å². The van der Waals surface area contributed by atoms with Gasteiger partial charge in [-0.2, -0.15) is 0 Å². The first-order chi connectivity index (χ1) is 8.15. The summed E-state index contributed by atoms with van der Waals surface area (Å²) < 4.78 is 11.9. The summed E-state index contributed by atoms with van der Waals surface area (Å²) in [6.07, 6.45) is 1.03. The van der Waals surface area contributed by atoms with Crippen molar-refractivity contribution in [3.05, 3.63) is 28.2 Å². The number of ether oxygens (including phenoxy) is 2. The van der Waals surface area contributed by atoms with Crippen molar-refractivity contribution in [1.82, 2.24) is 0 Å². The quantitative estimate of drug-likeness (QED) is 0.786. The van der Waals surface area contributed by atoms with Gasteiger partial charge in [-0.15, -0.1) is 0 Å². The zero-order chi connectivity index (χ0) is 12.7. The molecule has 96 valence electrons. The van der Waals surface area contributed by atoms with E-state index >= 15 is 0 Å². The van der Waals surface area contributed by atoms with Crippen LogP contribution in [0.25, 0.3) is 0 Å². The molecule has 0 aliphatic heterocycles. The van der Waals surface area contributed by atoms with Crippen molar-refractivity contribution >= 4 is 15.9 Å². The number of benzene rings is 1. The van der Waals surface area contributed by atoms with Gasteiger partial charge in [-0.3, -0.25) is 0 Å². The van der Waals surface area contributed by atoms with Crippen molar-refractivity contribution in [3.63, 3.8) is 0 Å². The van der Waals surface area contributed by atoms with E-state index in [4.69, 9.17) is 15.2 Å². The molecule has 0 aromatic heterocycles. The first-order valence-electron chi connectivity index (χ1n) is 5.90. The van der Waals surface area contributed by atoms with E-state index in [1.165, 1.54) is 0 Å². The highest BCUT2D eigenvalue weighted by Gasteiger charge is 2.05. The molecule has 0 amide bonds. The SMILES string of the molecule is CCCOCCOc1ccc(C(C)N)cc1Br. The Kier molecular flexibility index (Phi) is 6.55. The highest BCUT2D eigenvalue weighted by molar-refractivity contribution is 9.10. The maximum Gasteiger partial charge on any atom is 0.133 e. The van der Waals surface area contributed by atoms with Crippen LogP contribution < -0.4 is 10.5 Å². The number of halogens is 1. The normalized spacial score (nSPS) is 12.5. The Balaban J connectivity index is 2.43. The van der Waals surface area contributed by atoms with Gasteiger partial charge >= 0.3 is 0 Å². The third kappa shape index (κ3) is 5.06. The summed E-state index contributed by atoms with van der Waals surface area (Å²) in [4.78, 5) is 0. The standard InChI is InChI=1S/C13H20BrNO2/c1-3-6-16-7-8-17-13-5-4-11(10(2)15)9-12(13)14/h4-5,9-10H,3,6-8,15H2,1-2H3. The third-order valence-corrected chi connectivity index (χ3v) is 2.94. The lowest BCUT2D eigenvalue weighted by atomic mass is 10.1. The summed E-state index contributed by atoms with van der Waals surface area (Å²) in [5, 5.41) is 0. The summed E-state index contributed by atoms with van der Waals surface area (Å²) in [6, 6.07) is 5.95. The third-order valence-electron chi connectivity index (χ3n) is 2.32. The van der Waals surface area contributed by atoms with Crippen LogP contribution in [0.15, 0.2) is 22.7 Å². The van der Waals surface area contributed by atoms with Crippen LogP contribution >= 0.6 is 15.9 Å². The van der Waals surface area contributed by atoms with Crippen LogP contribution in [-0.2, 0) is 4.74 Å². The molecule has 1 aromatic carbocycles. The summed E-state index contributed by atoms with van der Waals surface area (Å²) in [5.74, 6) is 0.828. The molecule has 0 radical (unpaired) electrons. The summed E-state index contributed by atoms with van der Waals surface area (Å²) in [7, 11) is 0. The van der Waals surface area contributed by atoms with E-state index < -0.39 is 0 Å². The fourth-order valence-electron chi connectivity index (χ4n) is 1.37. The topological polar surface area (TPSA) is 44.5 Å². The highest BCUT2D eigenvalue weighted by atomic mass is 79.9. The van der Waals surface area contributed by atoms with E-state index in [0.29, 0.717) is 13.2 Å². The maximum absolute atomic E-state index is 5.81. The molecule has 1 unspecified atom stereocenters. The number of hydrogen-bond donors (Lipinski definition) is 1. The van der Waals surface area contributed by atoms with E-state index in [-0.39, 0.29) is 6.04 Å². The van der Waals surface area contributed by atoms with Crippen LogP contribution in [0.2, 0.25) is 0 Å². The molecule has 2 N–H and O–H groups in total. The van der Waals surface area contributed by atoms with Crippen molar-refractivity contribution in [2.45, 2.75) is 26.3 Å². The number of hydrogen-bond acceptors (Lipinski definition) is 3. The van der Waals surface area contributed by atoms with Crippen LogP contribution in [0.1, 0.15) is 31.9 Å². The predicted molar refractivity (Wildman–Crippen MR) is 73.3 cm³/mol. The summed E-state index contributed by atoms with van der Waals surface area (Å²) in [6.45, 7) is 6.02. The second kappa shape index (κ2) is 7.69. The van der Waals surface area contributed by atoms with Crippen molar-refractivity contribution in [1.29, 1.82) is 0 Å². The minimum Gasteiger partial charge on any atom is -0.490 e. The van der Waals surface area contributed by atoms with Gasteiger partial charge in [0.25, 0.3) is 0 Å². The van der Waals surface area contributed by atoms with Gasteiger partial charge in [0, 0.05) is 12.6 Å². The van der Waals surface area contributed by atoms with Crippen molar-refractivity contribution in [2.24, 2.45) is 5.73 Å². The molecule has 0 aliphatic carbocycles. The molecular formula is C13H20BrNO2. The van der Waals surface area contributed by atoms with Crippen LogP contribution in [0, 0.1) is 0 Å². The highest BCUT2D eigenvalue weighted by Crippen LogP contribution is 2.27. The van der Waals surface area contributed by atoms with Crippen molar-refractivity contribution in [2.75, 3.05) is 19.8 Å². The Morgan fingerprint density at radius 2 is 2.06 bits per heavy atom. The average molecular weight is 302 g/mol. The molecule has 0 saturated heterocycles. The van der Waals surface area contributed by atoms with Crippen molar-refractivity contribution < 1.29 is 9.47 Å². The van der Waals surface area contributed by atoms with E-state index in [2.05, 4.69) is 22.9 Å². The molecule has 0 spiro atoms. The Morgan fingerprint density at radius 1 is 1.29 bits per heavy atom. The molecule has 0 fully saturated rings. The fraction of sp³-hybridized carbons (Fsp3) is 0.538. The van der Waals surface area contributed by atoms with Crippen LogP contribution in [-0.4, -0.2) is 19.8 Å². The minimum absolute atomic E-state index is 0.0354. The summed E-state index contributed by atoms with van der Waals surface area (Å²) >= 11 is 3.48. The molecule has 1 aromatic rings. The van der Waals surface area contributed by atoms with Gasteiger partial charge in [0.1, 0.15) is 12.4 Å². The molecule has 0 aliphatic rings. The molecule has 0 saturated carbocycles. The Labute approximate surface area is 111 Å². The van der Waals surface area contributed by atoms with E-state index in [0.717, 1.165) is 28.8 Å². The molecule has 4 heteroatoms. The van der Waals surface area contributed by atoms with Crippen LogP contribution in [0.4, 0.5) is 0 Å². The lowest BCUT2D eigenvalue weighted by Crippen LogP contribution is -2.08. The number of nitrogens with two attached hydrogens (primary N) is 1. The van der Waals surface area contributed by atoms with Gasteiger partial charge in [0.2, 0.25) is 0 Å². The first kappa shape index (κ1) is 14.5. The van der Waals surface area contributed by atoms with E-state index in [1.54, 1.807) is 0 Å². The smallest absolute Gasteiger partial charge is 0.133 e.